The number of carbonyl (C=O) groups is 2. The summed E-state index contributed by atoms with van der Waals surface area (Å²) in [6.07, 6.45) is 3.73. The second-order valence-electron chi connectivity index (χ2n) is 11.2. The van der Waals surface area contributed by atoms with Crippen LogP contribution in [0.2, 0.25) is 0 Å². The van der Waals surface area contributed by atoms with E-state index in [9.17, 15) is 14.4 Å². The Bertz CT molecular complexity index is 1610. The van der Waals surface area contributed by atoms with Gasteiger partial charge in [-0.1, -0.05) is 69.2 Å². The normalized spacial score (nSPS) is 13.7. The van der Waals surface area contributed by atoms with E-state index in [1.54, 1.807) is 29.8 Å². The summed E-state index contributed by atoms with van der Waals surface area (Å²) in [5, 5.41) is 25.3. The van der Waals surface area contributed by atoms with Gasteiger partial charge in [0.1, 0.15) is 17.3 Å². The lowest BCUT2D eigenvalue weighted by atomic mass is 9.85. The van der Waals surface area contributed by atoms with Crippen LogP contribution in [0.5, 0.6) is 0 Å². The number of anilines is 1. The highest BCUT2D eigenvalue weighted by atomic mass is 16.4. The van der Waals surface area contributed by atoms with E-state index in [4.69, 9.17) is 9.52 Å². The maximum atomic E-state index is 13.6. The van der Waals surface area contributed by atoms with Crippen molar-refractivity contribution in [1.82, 2.24) is 20.3 Å². The van der Waals surface area contributed by atoms with Gasteiger partial charge >= 0.3 is 11.6 Å². The van der Waals surface area contributed by atoms with Crippen LogP contribution in [-0.2, 0) is 28.1 Å². The Morgan fingerprint density at radius 1 is 1.14 bits per heavy atom. The maximum absolute atomic E-state index is 13.6. The monoisotopic (exact) mass is 573 g/mol. The van der Waals surface area contributed by atoms with Crippen LogP contribution in [0.1, 0.15) is 75.4 Å². The third-order valence-electron chi connectivity index (χ3n) is 8.04. The SMILES string of the molecule is CCCC[C@@H](C(=O)Nc1ccc2c(C)c(CC(=O)O)c(=O)oc2c1)n1cc([C@@](C)(NCc2ccccc2)C(C)C)nn1. The first-order chi connectivity index (χ1) is 20.0. The third-order valence-corrected chi connectivity index (χ3v) is 8.04. The molecule has 0 aliphatic rings. The molecule has 1 amide bonds. The largest absolute Gasteiger partial charge is 0.481 e. The van der Waals surface area contributed by atoms with E-state index in [2.05, 4.69) is 60.8 Å². The predicted molar refractivity (Wildman–Crippen MR) is 161 cm³/mol. The molecular weight excluding hydrogens is 534 g/mol. The highest BCUT2D eigenvalue weighted by Gasteiger charge is 2.34. The first-order valence-electron chi connectivity index (χ1n) is 14.3. The molecule has 0 radical (unpaired) electrons. The minimum Gasteiger partial charge on any atom is -0.481 e. The van der Waals surface area contributed by atoms with Crippen LogP contribution in [0.4, 0.5) is 5.69 Å². The van der Waals surface area contributed by atoms with Crippen molar-refractivity contribution in [2.24, 2.45) is 5.92 Å². The molecule has 0 bridgehead atoms. The molecule has 0 spiro atoms. The molecule has 2 heterocycles. The maximum Gasteiger partial charge on any atom is 0.340 e. The first-order valence-corrected chi connectivity index (χ1v) is 14.3. The summed E-state index contributed by atoms with van der Waals surface area (Å²) < 4.78 is 7.05. The number of aliphatic carboxylic acids is 1. The van der Waals surface area contributed by atoms with Crippen molar-refractivity contribution in [3.8, 4) is 0 Å². The van der Waals surface area contributed by atoms with Gasteiger partial charge in [-0.3, -0.25) is 9.59 Å². The molecule has 10 heteroatoms. The Hall–Kier alpha value is -4.31. The van der Waals surface area contributed by atoms with Crippen LogP contribution in [0.3, 0.4) is 0 Å². The summed E-state index contributed by atoms with van der Waals surface area (Å²) in [6.45, 7) is 10.8. The van der Waals surface area contributed by atoms with Gasteiger partial charge in [-0.05, 0) is 49.4 Å². The minimum atomic E-state index is -1.11. The van der Waals surface area contributed by atoms with E-state index in [1.807, 2.05) is 24.4 Å². The highest BCUT2D eigenvalue weighted by molar-refractivity contribution is 5.96. The van der Waals surface area contributed by atoms with Crippen LogP contribution in [0, 0.1) is 12.8 Å². The number of carbonyl (C=O) groups excluding carboxylic acids is 1. The molecule has 3 N–H and O–H groups in total. The predicted octanol–water partition coefficient (Wildman–Crippen LogP) is 5.35. The van der Waals surface area contributed by atoms with Crippen LogP contribution in [-0.4, -0.2) is 32.0 Å². The number of carboxylic acid groups (broad SMARTS) is 1. The number of hydrogen-bond acceptors (Lipinski definition) is 7. The van der Waals surface area contributed by atoms with Gasteiger partial charge in [0.25, 0.3) is 0 Å². The Morgan fingerprint density at radius 2 is 1.88 bits per heavy atom. The number of aryl methyl sites for hydroxylation is 1. The van der Waals surface area contributed by atoms with E-state index < -0.39 is 29.6 Å². The van der Waals surface area contributed by atoms with Crippen LogP contribution in [0.15, 0.2) is 63.9 Å². The van der Waals surface area contributed by atoms with Gasteiger partial charge in [-0.2, -0.15) is 0 Å². The number of rotatable bonds is 13. The van der Waals surface area contributed by atoms with Gasteiger partial charge in [-0.15, -0.1) is 5.10 Å². The molecule has 0 unspecified atom stereocenters. The number of benzene rings is 2. The van der Waals surface area contributed by atoms with Crippen molar-refractivity contribution >= 4 is 28.5 Å². The van der Waals surface area contributed by atoms with Crippen LogP contribution >= 0.6 is 0 Å². The Kier molecular flexibility index (Phi) is 9.57. The smallest absolute Gasteiger partial charge is 0.340 e. The molecule has 2 aromatic carbocycles. The molecule has 42 heavy (non-hydrogen) atoms. The van der Waals surface area contributed by atoms with Crippen molar-refractivity contribution in [1.29, 1.82) is 0 Å². The molecule has 4 rings (SSSR count). The lowest BCUT2D eigenvalue weighted by Gasteiger charge is -2.33. The van der Waals surface area contributed by atoms with E-state index in [-0.39, 0.29) is 23.0 Å². The first kappa shape index (κ1) is 30.6. The van der Waals surface area contributed by atoms with Gasteiger partial charge in [-0.25, -0.2) is 9.48 Å². The van der Waals surface area contributed by atoms with Crippen molar-refractivity contribution in [2.45, 2.75) is 78.4 Å². The molecule has 222 valence electrons. The van der Waals surface area contributed by atoms with Gasteiger partial charge in [0.2, 0.25) is 5.91 Å². The molecule has 0 aliphatic carbocycles. The number of carboxylic acids is 1. The third kappa shape index (κ3) is 6.76. The molecule has 0 aliphatic heterocycles. The summed E-state index contributed by atoms with van der Waals surface area (Å²) in [5.41, 5.74) is 2.13. The number of aromatic nitrogens is 3. The number of fused-ring (bicyclic) bond motifs is 1. The quantitative estimate of drug-likeness (QED) is 0.182. The molecule has 0 fully saturated rings. The summed E-state index contributed by atoms with van der Waals surface area (Å²) in [4.78, 5) is 37.2. The van der Waals surface area contributed by atoms with Crippen molar-refractivity contribution in [3.63, 3.8) is 0 Å². The Morgan fingerprint density at radius 3 is 2.55 bits per heavy atom. The van der Waals surface area contributed by atoms with Crippen molar-refractivity contribution < 1.29 is 19.1 Å². The molecule has 4 aromatic rings. The number of hydrogen-bond donors (Lipinski definition) is 3. The highest BCUT2D eigenvalue weighted by Crippen LogP contribution is 2.30. The van der Waals surface area contributed by atoms with Gasteiger partial charge in [0, 0.05) is 23.7 Å². The van der Waals surface area contributed by atoms with Crippen molar-refractivity contribution in [2.75, 3.05) is 5.32 Å². The minimum absolute atomic E-state index is 0.111. The topological polar surface area (TPSA) is 139 Å². The molecule has 2 atom stereocenters. The van der Waals surface area contributed by atoms with Crippen molar-refractivity contribution in [3.05, 3.63) is 87.5 Å². The molecule has 0 saturated carbocycles. The molecule has 2 aromatic heterocycles. The zero-order valence-electron chi connectivity index (χ0n) is 24.8. The van der Waals surface area contributed by atoms with E-state index in [0.29, 0.717) is 29.6 Å². The Balaban J connectivity index is 1.58. The second kappa shape index (κ2) is 13.1. The zero-order chi connectivity index (χ0) is 30.4. The fraction of sp³-hybridized carbons (Fsp3) is 0.406. The fourth-order valence-corrected chi connectivity index (χ4v) is 4.97. The number of amides is 1. The molecule has 10 nitrogen and oxygen atoms in total. The van der Waals surface area contributed by atoms with Gasteiger partial charge in [0.05, 0.1) is 23.7 Å². The van der Waals surface area contributed by atoms with Crippen LogP contribution < -0.4 is 16.3 Å². The average Bonchev–Trinajstić information content (AvgIpc) is 3.45. The summed E-state index contributed by atoms with van der Waals surface area (Å²) in [5.74, 6) is -1.17. The summed E-state index contributed by atoms with van der Waals surface area (Å²) in [6, 6.07) is 14.6. The second-order valence-corrected chi connectivity index (χ2v) is 11.2. The Labute approximate surface area is 245 Å². The lowest BCUT2D eigenvalue weighted by Crippen LogP contribution is -2.44. The standard InChI is InChI=1S/C32H39N5O5/c1-6-7-13-26(37-19-28(35-36-37)32(5,20(2)3)33-18-22-11-9-8-10-12-22)30(40)34-23-14-15-24-21(4)25(17-29(38)39)31(41)42-27(24)16-23/h8-12,14-16,19-20,26,33H,6-7,13,17-18H2,1-5H3,(H,34,40)(H,38,39)/t26-,32-/m0/s1. The summed E-state index contributed by atoms with van der Waals surface area (Å²) in [7, 11) is 0. The molecule has 0 saturated heterocycles. The fourth-order valence-electron chi connectivity index (χ4n) is 4.97. The number of nitrogens with zero attached hydrogens (tertiary/aromatic N) is 3. The lowest BCUT2D eigenvalue weighted by molar-refractivity contribution is -0.136. The van der Waals surface area contributed by atoms with Crippen LogP contribution in [0.25, 0.3) is 11.0 Å². The van der Waals surface area contributed by atoms with E-state index in [1.165, 1.54) is 0 Å². The van der Waals surface area contributed by atoms with E-state index >= 15 is 0 Å². The number of unbranched alkanes of at least 4 members (excludes halogenated alkanes) is 1. The van der Waals surface area contributed by atoms with Gasteiger partial charge in [0.15, 0.2) is 0 Å². The van der Waals surface area contributed by atoms with Gasteiger partial charge < -0.3 is 20.2 Å². The van der Waals surface area contributed by atoms with E-state index in [0.717, 1.165) is 24.1 Å². The zero-order valence-corrected chi connectivity index (χ0v) is 24.8. The molecular formula is C32H39N5O5. The average molecular weight is 574 g/mol. The summed E-state index contributed by atoms with van der Waals surface area (Å²) >= 11 is 0. The number of nitrogens with one attached hydrogen (secondary N) is 2.